The van der Waals surface area contributed by atoms with Gasteiger partial charge in [0.2, 0.25) is 0 Å². The SMILES string of the molecule is C=C(C)C(C)(C)C(C)(O)c1ccccc1. The Labute approximate surface area is 92.5 Å². The highest BCUT2D eigenvalue weighted by atomic mass is 16.3. The summed E-state index contributed by atoms with van der Waals surface area (Å²) in [6, 6.07) is 9.74. The summed E-state index contributed by atoms with van der Waals surface area (Å²) in [5.41, 5.74) is 0.684. The van der Waals surface area contributed by atoms with E-state index in [0.29, 0.717) is 0 Å². The molecule has 0 saturated heterocycles. The van der Waals surface area contributed by atoms with Crippen LogP contribution in [0.25, 0.3) is 0 Å². The van der Waals surface area contributed by atoms with E-state index in [2.05, 4.69) is 6.58 Å². The summed E-state index contributed by atoms with van der Waals surface area (Å²) < 4.78 is 0. The standard InChI is InChI=1S/C14H20O/c1-11(2)13(3,4)14(5,15)12-9-7-6-8-10-12/h6-10,15H,1H2,2-5H3. The van der Waals surface area contributed by atoms with Crippen LogP contribution in [0.3, 0.4) is 0 Å². The molecule has 1 aromatic carbocycles. The molecule has 0 aliphatic heterocycles. The van der Waals surface area contributed by atoms with Crippen molar-refractivity contribution >= 4 is 0 Å². The summed E-state index contributed by atoms with van der Waals surface area (Å²) in [4.78, 5) is 0. The van der Waals surface area contributed by atoms with Crippen molar-refractivity contribution < 1.29 is 5.11 Å². The zero-order valence-electron chi connectivity index (χ0n) is 10.0. The van der Waals surface area contributed by atoms with Crippen molar-refractivity contribution in [2.75, 3.05) is 0 Å². The van der Waals surface area contributed by atoms with Gasteiger partial charge in [-0.2, -0.15) is 0 Å². The molecule has 0 aliphatic carbocycles. The van der Waals surface area contributed by atoms with E-state index < -0.39 is 5.60 Å². The average molecular weight is 204 g/mol. The summed E-state index contributed by atoms with van der Waals surface area (Å²) in [6.45, 7) is 11.8. The van der Waals surface area contributed by atoms with Crippen LogP contribution in [0, 0.1) is 5.41 Å². The highest BCUT2D eigenvalue weighted by molar-refractivity contribution is 5.27. The third-order valence-electron chi connectivity index (χ3n) is 3.62. The quantitative estimate of drug-likeness (QED) is 0.747. The molecule has 1 unspecified atom stereocenters. The molecule has 82 valence electrons. The average Bonchev–Trinajstić information content (AvgIpc) is 2.18. The highest BCUT2D eigenvalue weighted by Crippen LogP contribution is 2.43. The lowest BCUT2D eigenvalue weighted by molar-refractivity contribution is -0.0366. The Hall–Kier alpha value is -1.08. The minimum atomic E-state index is -0.889. The Balaban J connectivity index is 3.19. The van der Waals surface area contributed by atoms with Crippen LogP contribution in [0.4, 0.5) is 0 Å². The predicted molar refractivity (Wildman–Crippen MR) is 64.6 cm³/mol. The van der Waals surface area contributed by atoms with Gasteiger partial charge in [0, 0.05) is 5.41 Å². The Morgan fingerprint density at radius 3 is 2.00 bits per heavy atom. The third kappa shape index (κ3) is 1.98. The van der Waals surface area contributed by atoms with E-state index in [1.54, 1.807) is 0 Å². The number of rotatable bonds is 3. The van der Waals surface area contributed by atoms with E-state index in [1.165, 1.54) is 0 Å². The first-order valence-electron chi connectivity index (χ1n) is 5.24. The van der Waals surface area contributed by atoms with Gasteiger partial charge in [-0.05, 0) is 19.4 Å². The van der Waals surface area contributed by atoms with Crippen LogP contribution < -0.4 is 0 Å². The monoisotopic (exact) mass is 204 g/mol. The van der Waals surface area contributed by atoms with E-state index in [1.807, 2.05) is 58.0 Å². The fraction of sp³-hybridized carbons (Fsp3) is 0.429. The lowest BCUT2D eigenvalue weighted by Crippen LogP contribution is -2.39. The molecular weight excluding hydrogens is 184 g/mol. The van der Waals surface area contributed by atoms with E-state index >= 15 is 0 Å². The summed E-state index contributed by atoms with van der Waals surface area (Å²) in [7, 11) is 0. The lowest BCUT2D eigenvalue weighted by atomic mass is 9.68. The molecule has 0 bridgehead atoms. The molecule has 0 fully saturated rings. The second-order valence-corrected chi connectivity index (χ2v) is 4.84. The fourth-order valence-corrected chi connectivity index (χ4v) is 1.54. The normalized spacial score (nSPS) is 15.8. The van der Waals surface area contributed by atoms with Crippen LogP contribution in [-0.2, 0) is 5.60 Å². The molecule has 0 saturated carbocycles. The Morgan fingerprint density at radius 2 is 1.60 bits per heavy atom. The van der Waals surface area contributed by atoms with Crippen LogP contribution in [0.5, 0.6) is 0 Å². The first-order chi connectivity index (χ1) is 6.80. The summed E-state index contributed by atoms with van der Waals surface area (Å²) in [5, 5.41) is 10.6. The first kappa shape index (κ1) is 12.0. The maximum atomic E-state index is 10.6. The number of aliphatic hydroxyl groups is 1. The zero-order valence-corrected chi connectivity index (χ0v) is 10.0. The third-order valence-corrected chi connectivity index (χ3v) is 3.62. The molecule has 1 aromatic rings. The largest absolute Gasteiger partial charge is 0.385 e. The van der Waals surface area contributed by atoms with Crippen LogP contribution in [0.15, 0.2) is 42.5 Å². The molecule has 15 heavy (non-hydrogen) atoms. The van der Waals surface area contributed by atoms with E-state index in [4.69, 9.17) is 0 Å². The fourth-order valence-electron chi connectivity index (χ4n) is 1.54. The van der Waals surface area contributed by atoms with Gasteiger partial charge in [0.15, 0.2) is 0 Å². The minimum absolute atomic E-state index is 0.339. The Morgan fingerprint density at radius 1 is 1.13 bits per heavy atom. The van der Waals surface area contributed by atoms with Crippen LogP contribution >= 0.6 is 0 Å². The molecule has 1 rings (SSSR count). The van der Waals surface area contributed by atoms with Crippen molar-refractivity contribution in [3.63, 3.8) is 0 Å². The maximum Gasteiger partial charge on any atom is 0.0955 e. The predicted octanol–water partition coefficient (Wildman–Crippen LogP) is 3.50. The van der Waals surface area contributed by atoms with Gasteiger partial charge in [-0.15, -0.1) is 0 Å². The molecule has 1 N–H and O–H groups in total. The van der Waals surface area contributed by atoms with Gasteiger partial charge in [-0.25, -0.2) is 0 Å². The van der Waals surface area contributed by atoms with Crippen molar-refractivity contribution in [3.05, 3.63) is 48.0 Å². The lowest BCUT2D eigenvalue weighted by Gasteiger charge is -2.41. The zero-order chi connectivity index (χ0) is 11.7. The summed E-state index contributed by atoms with van der Waals surface area (Å²) in [6.07, 6.45) is 0. The van der Waals surface area contributed by atoms with E-state index in [-0.39, 0.29) is 5.41 Å². The van der Waals surface area contributed by atoms with Gasteiger partial charge in [-0.3, -0.25) is 0 Å². The molecule has 0 amide bonds. The molecule has 0 heterocycles. The smallest absolute Gasteiger partial charge is 0.0955 e. The van der Waals surface area contributed by atoms with E-state index in [9.17, 15) is 5.11 Å². The number of benzene rings is 1. The molecular formula is C14H20O. The summed E-state index contributed by atoms with van der Waals surface area (Å²) in [5.74, 6) is 0. The topological polar surface area (TPSA) is 20.2 Å². The van der Waals surface area contributed by atoms with Gasteiger partial charge < -0.3 is 5.11 Å². The van der Waals surface area contributed by atoms with E-state index in [0.717, 1.165) is 11.1 Å². The highest BCUT2D eigenvalue weighted by Gasteiger charge is 2.41. The molecule has 1 heteroatoms. The van der Waals surface area contributed by atoms with Gasteiger partial charge in [0.25, 0.3) is 0 Å². The molecule has 0 radical (unpaired) electrons. The van der Waals surface area contributed by atoms with Crippen LogP contribution in [0.2, 0.25) is 0 Å². The van der Waals surface area contributed by atoms with Gasteiger partial charge in [-0.1, -0.05) is 56.3 Å². The second-order valence-electron chi connectivity index (χ2n) is 4.84. The second kappa shape index (κ2) is 3.82. The molecule has 1 nitrogen and oxygen atoms in total. The van der Waals surface area contributed by atoms with Crippen molar-refractivity contribution in [2.24, 2.45) is 5.41 Å². The van der Waals surface area contributed by atoms with Crippen molar-refractivity contribution in [2.45, 2.75) is 33.3 Å². The number of hydrogen-bond acceptors (Lipinski definition) is 1. The number of hydrogen-bond donors (Lipinski definition) is 1. The van der Waals surface area contributed by atoms with Gasteiger partial charge in [0.05, 0.1) is 5.60 Å². The maximum absolute atomic E-state index is 10.6. The Kier molecular flexibility index (Phi) is 3.05. The molecule has 0 spiro atoms. The van der Waals surface area contributed by atoms with Crippen LogP contribution in [0.1, 0.15) is 33.3 Å². The molecule has 0 aromatic heterocycles. The molecule has 0 aliphatic rings. The van der Waals surface area contributed by atoms with Gasteiger partial charge in [0.1, 0.15) is 0 Å². The van der Waals surface area contributed by atoms with Crippen LogP contribution in [-0.4, -0.2) is 5.11 Å². The minimum Gasteiger partial charge on any atom is -0.385 e. The van der Waals surface area contributed by atoms with Crippen molar-refractivity contribution in [3.8, 4) is 0 Å². The van der Waals surface area contributed by atoms with Crippen molar-refractivity contribution in [1.29, 1.82) is 0 Å². The summed E-state index contributed by atoms with van der Waals surface area (Å²) >= 11 is 0. The Bertz CT molecular complexity index is 347. The van der Waals surface area contributed by atoms with Gasteiger partial charge >= 0.3 is 0 Å². The first-order valence-corrected chi connectivity index (χ1v) is 5.24. The molecule has 1 atom stereocenters. The van der Waals surface area contributed by atoms with Crippen molar-refractivity contribution in [1.82, 2.24) is 0 Å².